The minimum absolute atomic E-state index is 0.235. The Morgan fingerprint density at radius 2 is 1.33 bits per heavy atom. The summed E-state index contributed by atoms with van der Waals surface area (Å²) in [4.78, 5) is 24.7. The van der Waals surface area contributed by atoms with E-state index in [1.165, 1.54) is 0 Å². The predicted molar refractivity (Wildman–Crippen MR) is 116 cm³/mol. The molecule has 0 unspecified atom stereocenters. The lowest BCUT2D eigenvalue weighted by Gasteiger charge is -2.12. The van der Waals surface area contributed by atoms with Crippen LogP contribution in [0.1, 0.15) is 45.5 Å². The number of aryl methyl sites for hydroxylation is 1. The molecule has 3 aromatic carbocycles. The lowest BCUT2D eigenvalue weighted by Crippen LogP contribution is -2.11. The molecule has 3 aromatic rings. The number of carbonyl (C=O) groups is 2. The van der Waals surface area contributed by atoms with Crippen molar-refractivity contribution < 1.29 is 19.1 Å². The van der Waals surface area contributed by atoms with Crippen molar-refractivity contribution in [1.82, 2.24) is 0 Å². The zero-order valence-corrected chi connectivity index (χ0v) is 17.2. The van der Waals surface area contributed by atoms with Gasteiger partial charge in [-0.25, -0.2) is 4.79 Å². The minimum atomic E-state index is -0.343. The third-order valence-electron chi connectivity index (χ3n) is 4.89. The molecule has 30 heavy (non-hydrogen) atoms. The van der Waals surface area contributed by atoms with Crippen LogP contribution in [0.3, 0.4) is 0 Å². The monoisotopic (exact) mass is 402 g/mol. The fourth-order valence-corrected chi connectivity index (χ4v) is 3.25. The Morgan fingerprint density at radius 3 is 1.97 bits per heavy atom. The van der Waals surface area contributed by atoms with Crippen LogP contribution in [0.25, 0.3) is 0 Å². The van der Waals surface area contributed by atoms with Gasteiger partial charge in [0.05, 0.1) is 5.56 Å². The summed E-state index contributed by atoms with van der Waals surface area (Å²) in [5.41, 5.74) is 4.41. The summed E-state index contributed by atoms with van der Waals surface area (Å²) in [5, 5.41) is 0. The van der Waals surface area contributed by atoms with E-state index >= 15 is 0 Å². The number of hydrogen-bond donors (Lipinski definition) is 0. The van der Waals surface area contributed by atoms with Gasteiger partial charge in [-0.1, -0.05) is 72.8 Å². The van der Waals surface area contributed by atoms with Crippen molar-refractivity contribution >= 4 is 11.9 Å². The first-order valence-corrected chi connectivity index (χ1v) is 10.1. The van der Waals surface area contributed by atoms with E-state index in [0.29, 0.717) is 24.8 Å². The summed E-state index contributed by atoms with van der Waals surface area (Å²) in [7, 11) is 0. The average Bonchev–Trinajstić information content (AvgIpc) is 2.78. The fraction of sp³-hybridized carbons (Fsp3) is 0.231. The van der Waals surface area contributed by atoms with E-state index in [-0.39, 0.29) is 25.2 Å². The zero-order valence-electron chi connectivity index (χ0n) is 17.2. The van der Waals surface area contributed by atoms with Crippen molar-refractivity contribution in [2.24, 2.45) is 0 Å². The van der Waals surface area contributed by atoms with Crippen molar-refractivity contribution in [1.29, 1.82) is 0 Å². The molecular weight excluding hydrogens is 376 g/mol. The molecule has 0 saturated heterocycles. The molecule has 154 valence electrons. The van der Waals surface area contributed by atoms with Crippen molar-refractivity contribution in [3.63, 3.8) is 0 Å². The number of benzene rings is 3. The van der Waals surface area contributed by atoms with Gasteiger partial charge >= 0.3 is 11.9 Å². The lowest BCUT2D eigenvalue weighted by atomic mass is 9.97. The second-order valence-electron chi connectivity index (χ2n) is 7.16. The summed E-state index contributed by atoms with van der Waals surface area (Å²) in [6.45, 7) is 2.48. The Hall–Kier alpha value is -3.40. The average molecular weight is 402 g/mol. The molecular formula is C26H26O4. The van der Waals surface area contributed by atoms with Crippen LogP contribution in [0.4, 0.5) is 0 Å². The third-order valence-corrected chi connectivity index (χ3v) is 4.89. The molecule has 0 atom stereocenters. The molecule has 0 aliphatic carbocycles. The van der Waals surface area contributed by atoms with Gasteiger partial charge in [-0.15, -0.1) is 0 Å². The maximum absolute atomic E-state index is 12.6. The van der Waals surface area contributed by atoms with Gasteiger partial charge in [0.25, 0.3) is 0 Å². The SMILES string of the molecule is Cc1cccc(C(=O)OCc2ccccc2)c1CCCC(=O)OCc1ccccc1. The number of hydrogen-bond acceptors (Lipinski definition) is 4. The number of esters is 2. The maximum atomic E-state index is 12.6. The van der Waals surface area contributed by atoms with E-state index in [9.17, 15) is 9.59 Å². The van der Waals surface area contributed by atoms with Crippen LogP contribution in [0, 0.1) is 6.92 Å². The van der Waals surface area contributed by atoms with E-state index in [1.807, 2.05) is 79.7 Å². The van der Waals surface area contributed by atoms with Crippen LogP contribution in [-0.2, 0) is 33.9 Å². The molecule has 0 aromatic heterocycles. The van der Waals surface area contributed by atoms with Gasteiger partial charge in [0.2, 0.25) is 0 Å². The summed E-state index contributed by atoms with van der Waals surface area (Å²) < 4.78 is 10.8. The van der Waals surface area contributed by atoms with E-state index < -0.39 is 0 Å². The number of carbonyl (C=O) groups excluding carboxylic acids is 2. The van der Waals surface area contributed by atoms with Crippen LogP contribution >= 0.6 is 0 Å². The Bertz CT molecular complexity index is 965. The quantitative estimate of drug-likeness (QED) is 0.449. The number of rotatable bonds is 9. The highest BCUT2D eigenvalue weighted by molar-refractivity contribution is 5.91. The molecule has 0 saturated carbocycles. The second kappa shape index (κ2) is 11.0. The van der Waals surface area contributed by atoms with Gasteiger partial charge in [-0.05, 0) is 48.1 Å². The highest BCUT2D eigenvalue weighted by Crippen LogP contribution is 2.19. The number of ether oxygens (including phenoxy) is 2. The van der Waals surface area contributed by atoms with Crippen molar-refractivity contribution in [2.45, 2.75) is 39.4 Å². The highest BCUT2D eigenvalue weighted by Gasteiger charge is 2.15. The Morgan fingerprint density at radius 1 is 0.733 bits per heavy atom. The van der Waals surface area contributed by atoms with E-state index in [0.717, 1.165) is 22.3 Å². The topological polar surface area (TPSA) is 52.6 Å². The van der Waals surface area contributed by atoms with Crippen LogP contribution in [0.5, 0.6) is 0 Å². The zero-order chi connectivity index (χ0) is 21.2. The lowest BCUT2D eigenvalue weighted by molar-refractivity contribution is -0.145. The Labute approximate surface area is 177 Å². The van der Waals surface area contributed by atoms with Crippen molar-refractivity contribution in [3.8, 4) is 0 Å². The molecule has 0 heterocycles. The van der Waals surface area contributed by atoms with Gasteiger partial charge < -0.3 is 9.47 Å². The maximum Gasteiger partial charge on any atom is 0.338 e. The second-order valence-corrected chi connectivity index (χ2v) is 7.16. The van der Waals surface area contributed by atoms with E-state index in [2.05, 4.69) is 0 Å². The molecule has 0 bridgehead atoms. The first-order valence-electron chi connectivity index (χ1n) is 10.1. The molecule has 0 amide bonds. The van der Waals surface area contributed by atoms with Gasteiger partial charge in [0.1, 0.15) is 13.2 Å². The van der Waals surface area contributed by atoms with Crippen LogP contribution in [-0.4, -0.2) is 11.9 Å². The summed E-state index contributed by atoms with van der Waals surface area (Å²) >= 11 is 0. The molecule has 0 fully saturated rings. The van der Waals surface area contributed by atoms with Crippen molar-refractivity contribution in [2.75, 3.05) is 0 Å². The molecule has 4 nitrogen and oxygen atoms in total. The molecule has 4 heteroatoms. The first kappa shape index (κ1) is 21.3. The van der Waals surface area contributed by atoms with E-state index in [1.54, 1.807) is 6.07 Å². The Balaban J connectivity index is 1.52. The van der Waals surface area contributed by atoms with Gasteiger partial charge in [0, 0.05) is 6.42 Å². The molecule has 3 rings (SSSR count). The normalized spacial score (nSPS) is 10.4. The van der Waals surface area contributed by atoms with Crippen LogP contribution < -0.4 is 0 Å². The van der Waals surface area contributed by atoms with Crippen LogP contribution in [0.15, 0.2) is 78.9 Å². The third kappa shape index (κ3) is 6.31. The predicted octanol–water partition coefficient (Wildman–Crippen LogP) is 5.42. The highest BCUT2D eigenvalue weighted by atomic mass is 16.5. The molecule has 0 aliphatic rings. The van der Waals surface area contributed by atoms with Gasteiger partial charge in [0.15, 0.2) is 0 Å². The molecule has 0 radical (unpaired) electrons. The fourth-order valence-electron chi connectivity index (χ4n) is 3.25. The largest absolute Gasteiger partial charge is 0.461 e. The minimum Gasteiger partial charge on any atom is -0.461 e. The molecule has 0 aliphatic heterocycles. The smallest absolute Gasteiger partial charge is 0.338 e. The summed E-state index contributed by atoms with van der Waals surface area (Å²) in [6.07, 6.45) is 1.53. The standard InChI is InChI=1S/C26H26O4/c1-20-10-8-16-24(26(28)30-19-22-13-6-3-7-14-22)23(20)15-9-17-25(27)29-18-21-11-4-2-5-12-21/h2-8,10-14,16H,9,15,17-19H2,1H3. The first-order chi connectivity index (χ1) is 14.6. The van der Waals surface area contributed by atoms with Crippen molar-refractivity contribution in [3.05, 3.63) is 107 Å². The van der Waals surface area contributed by atoms with Gasteiger partial charge in [-0.2, -0.15) is 0 Å². The van der Waals surface area contributed by atoms with Gasteiger partial charge in [-0.3, -0.25) is 4.79 Å². The molecule has 0 N–H and O–H groups in total. The Kier molecular flexibility index (Phi) is 7.78. The summed E-state index contributed by atoms with van der Waals surface area (Å²) in [6, 6.07) is 24.8. The van der Waals surface area contributed by atoms with Crippen LogP contribution in [0.2, 0.25) is 0 Å². The summed E-state index contributed by atoms with van der Waals surface area (Å²) in [5.74, 6) is -0.579. The molecule has 0 spiro atoms. The van der Waals surface area contributed by atoms with E-state index in [4.69, 9.17) is 9.47 Å².